The molecular formula is C30H30ClN3O4. The van der Waals surface area contributed by atoms with Gasteiger partial charge in [-0.15, -0.1) is 0 Å². The van der Waals surface area contributed by atoms with E-state index in [0.29, 0.717) is 23.7 Å². The zero-order valence-electron chi connectivity index (χ0n) is 21.6. The molecule has 1 heterocycles. The number of amides is 3. The van der Waals surface area contributed by atoms with E-state index in [-0.39, 0.29) is 23.1 Å². The van der Waals surface area contributed by atoms with E-state index >= 15 is 0 Å². The number of nitrogens with one attached hydrogen (secondary N) is 2. The molecule has 38 heavy (non-hydrogen) atoms. The molecule has 3 amide bonds. The summed E-state index contributed by atoms with van der Waals surface area (Å²) in [7, 11) is 0. The Balaban J connectivity index is 1.42. The predicted molar refractivity (Wildman–Crippen MR) is 151 cm³/mol. The first-order chi connectivity index (χ1) is 18.4. The highest BCUT2D eigenvalue weighted by atomic mass is 35.5. The number of nitrogens with zero attached hydrogens (tertiary/aromatic N) is 1. The summed E-state index contributed by atoms with van der Waals surface area (Å²) in [5, 5.41) is 5.85. The molecule has 0 radical (unpaired) electrons. The van der Waals surface area contributed by atoms with Crippen LogP contribution in [0.4, 0.5) is 17.1 Å². The van der Waals surface area contributed by atoms with Crippen LogP contribution in [0.3, 0.4) is 0 Å². The molecule has 7 nitrogen and oxygen atoms in total. The van der Waals surface area contributed by atoms with Crippen molar-refractivity contribution in [3.63, 3.8) is 0 Å². The van der Waals surface area contributed by atoms with Crippen molar-refractivity contribution in [1.29, 1.82) is 0 Å². The van der Waals surface area contributed by atoms with Crippen LogP contribution in [0.1, 0.15) is 37.5 Å². The number of hydrogen-bond acceptors (Lipinski definition) is 5. The molecule has 0 aromatic heterocycles. The fourth-order valence-electron chi connectivity index (χ4n) is 4.33. The number of benzene rings is 3. The average Bonchev–Trinajstić information content (AvgIpc) is 3.13. The van der Waals surface area contributed by atoms with Gasteiger partial charge in [0.2, 0.25) is 5.91 Å². The van der Waals surface area contributed by atoms with Gasteiger partial charge in [0.25, 0.3) is 11.8 Å². The molecule has 1 aliphatic rings. The van der Waals surface area contributed by atoms with Crippen molar-refractivity contribution in [2.24, 2.45) is 0 Å². The topological polar surface area (TPSA) is 87.7 Å². The summed E-state index contributed by atoms with van der Waals surface area (Å²) in [5.74, 6) is -0.610. The lowest BCUT2D eigenvalue weighted by Gasteiger charge is -2.16. The van der Waals surface area contributed by atoms with E-state index in [1.54, 1.807) is 48.5 Å². The van der Waals surface area contributed by atoms with Crippen molar-refractivity contribution in [2.75, 3.05) is 22.1 Å². The third kappa shape index (κ3) is 5.73. The summed E-state index contributed by atoms with van der Waals surface area (Å²) in [6.45, 7) is 6.52. The van der Waals surface area contributed by atoms with Crippen LogP contribution < -0.4 is 20.3 Å². The average molecular weight is 532 g/mol. The molecule has 2 N–H and O–H groups in total. The number of imide groups is 1. The zero-order valence-corrected chi connectivity index (χ0v) is 22.4. The standard InChI is InChI=1S/C30H30ClN3O4/c1-4-20-8-7-9-21(5-2)27(20)33-25(35)18-19-10-12-22(13-11-19)32-28-26(31)29(36)34(30(28)37)23-14-16-24(17-15-23)38-6-3/h7-17,32H,4-6,18H2,1-3H3,(H,33,35). The number of carbonyl (C=O) groups is 3. The first-order valence-electron chi connectivity index (χ1n) is 12.6. The molecule has 3 aromatic rings. The largest absolute Gasteiger partial charge is 0.494 e. The van der Waals surface area contributed by atoms with E-state index in [4.69, 9.17) is 16.3 Å². The smallest absolute Gasteiger partial charge is 0.283 e. The van der Waals surface area contributed by atoms with Gasteiger partial charge in [-0.25, -0.2) is 4.90 Å². The van der Waals surface area contributed by atoms with Gasteiger partial charge in [0.05, 0.1) is 18.7 Å². The summed E-state index contributed by atoms with van der Waals surface area (Å²) in [4.78, 5) is 39.6. The molecule has 0 unspecified atom stereocenters. The molecule has 0 saturated carbocycles. The van der Waals surface area contributed by atoms with E-state index in [1.807, 2.05) is 25.1 Å². The minimum Gasteiger partial charge on any atom is -0.494 e. The van der Waals surface area contributed by atoms with Crippen molar-refractivity contribution in [3.05, 3.63) is 94.1 Å². The van der Waals surface area contributed by atoms with Crippen LogP contribution in [0.25, 0.3) is 0 Å². The van der Waals surface area contributed by atoms with E-state index < -0.39 is 11.8 Å². The monoisotopic (exact) mass is 531 g/mol. The number of anilines is 3. The summed E-state index contributed by atoms with van der Waals surface area (Å²) >= 11 is 6.25. The Morgan fingerprint density at radius 1 is 0.868 bits per heavy atom. The van der Waals surface area contributed by atoms with Gasteiger partial charge in [-0.05, 0) is 72.9 Å². The highest BCUT2D eigenvalue weighted by Crippen LogP contribution is 2.31. The molecule has 0 bridgehead atoms. The minimum absolute atomic E-state index is 0.000637. The zero-order chi connectivity index (χ0) is 27.2. The maximum atomic E-state index is 13.0. The van der Waals surface area contributed by atoms with Crippen molar-refractivity contribution < 1.29 is 19.1 Å². The lowest BCUT2D eigenvalue weighted by Crippen LogP contribution is -2.32. The first kappa shape index (κ1) is 26.9. The summed E-state index contributed by atoms with van der Waals surface area (Å²) < 4.78 is 5.42. The maximum Gasteiger partial charge on any atom is 0.283 e. The molecule has 0 aliphatic carbocycles. The highest BCUT2D eigenvalue weighted by Gasteiger charge is 2.39. The third-order valence-corrected chi connectivity index (χ3v) is 6.64. The van der Waals surface area contributed by atoms with Crippen LogP contribution in [-0.4, -0.2) is 24.3 Å². The van der Waals surface area contributed by atoms with Crippen molar-refractivity contribution >= 4 is 46.4 Å². The van der Waals surface area contributed by atoms with Crippen LogP contribution in [0.5, 0.6) is 5.75 Å². The Labute approximate surface area is 227 Å². The molecule has 196 valence electrons. The Hall–Kier alpha value is -4.10. The van der Waals surface area contributed by atoms with Crippen LogP contribution in [0, 0.1) is 0 Å². The molecule has 0 saturated heterocycles. The fourth-order valence-corrected chi connectivity index (χ4v) is 4.54. The second-order valence-electron chi connectivity index (χ2n) is 8.77. The predicted octanol–water partition coefficient (Wildman–Crippen LogP) is 5.83. The Morgan fingerprint density at radius 2 is 1.50 bits per heavy atom. The maximum absolute atomic E-state index is 13.0. The van der Waals surface area contributed by atoms with E-state index in [2.05, 4.69) is 24.5 Å². The lowest BCUT2D eigenvalue weighted by atomic mass is 10.0. The van der Waals surface area contributed by atoms with Gasteiger partial charge in [0.1, 0.15) is 16.5 Å². The molecule has 3 aromatic carbocycles. The third-order valence-electron chi connectivity index (χ3n) is 6.28. The molecule has 0 fully saturated rings. The molecule has 8 heteroatoms. The van der Waals surface area contributed by atoms with Crippen molar-refractivity contribution in [3.8, 4) is 5.75 Å². The van der Waals surface area contributed by atoms with Gasteiger partial charge in [-0.1, -0.05) is 55.8 Å². The number of rotatable bonds is 10. The number of para-hydroxylation sites is 1. The van der Waals surface area contributed by atoms with Crippen molar-refractivity contribution in [2.45, 2.75) is 40.0 Å². The SMILES string of the molecule is CCOc1ccc(N2C(=O)C(Cl)=C(Nc3ccc(CC(=O)Nc4c(CC)cccc4CC)cc3)C2=O)cc1. The Bertz CT molecular complexity index is 1360. The Kier molecular flexibility index (Phi) is 8.48. The summed E-state index contributed by atoms with van der Waals surface area (Å²) in [5.41, 5.74) is 4.89. The number of halogens is 1. The van der Waals surface area contributed by atoms with Crippen LogP contribution in [0.2, 0.25) is 0 Å². The summed E-state index contributed by atoms with van der Waals surface area (Å²) in [6.07, 6.45) is 1.87. The first-order valence-corrected chi connectivity index (χ1v) is 13.0. The van der Waals surface area contributed by atoms with Crippen LogP contribution in [-0.2, 0) is 33.6 Å². The molecule has 1 aliphatic heterocycles. The van der Waals surface area contributed by atoms with Gasteiger partial charge in [-0.2, -0.15) is 0 Å². The van der Waals surface area contributed by atoms with Gasteiger partial charge < -0.3 is 15.4 Å². The van der Waals surface area contributed by atoms with Crippen LogP contribution >= 0.6 is 11.6 Å². The molecule has 0 spiro atoms. The quantitative estimate of drug-likeness (QED) is 0.321. The van der Waals surface area contributed by atoms with Crippen LogP contribution in [0.15, 0.2) is 77.5 Å². The second-order valence-corrected chi connectivity index (χ2v) is 9.14. The molecule has 0 atom stereocenters. The van der Waals surface area contributed by atoms with E-state index in [9.17, 15) is 14.4 Å². The van der Waals surface area contributed by atoms with Gasteiger partial charge >= 0.3 is 0 Å². The van der Waals surface area contributed by atoms with Gasteiger partial charge in [0.15, 0.2) is 0 Å². The number of carbonyl (C=O) groups excluding carboxylic acids is 3. The van der Waals surface area contributed by atoms with Gasteiger partial charge in [0, 0.05) is 11.4 Å². The minimum atomic E-state index is -0.601. The number of hydrogen-bond donors (Lipinski definition) is 2. The molecule has 4 rings (SSSR count). The lowest BCUT2D eigenvalue weighted by molar-refractivity contribution is -0.120. The number of aryl methyl sites for hydroxylation is 2. The second kappa shape index (κ2) is 12.0. The van der Waals surface area contributed by atoms with E-state index in [1.165, 1.54) is 0 Å². The fraction of sp³-hybridized carbons (Fsp3) is 0.233. The summed E-state index contributed by atoms with van der Waals surface area (Å²) in [6, 6.07) is 19.8. The molecular weight excluding hydrogens is 502 g/mol. The Morgan fingerprint density at radius 3 is 2.08 bits per heavy atom. The van der Waals surface area contributed by atoms with E-state index in [0.717, 1.165) is 40.1 Å². The van der Waals surface area contributed by atoms with Gasteiger partial charge in [-0.3, -0.25) is 14.4 Å². The normalized spacial score (nSPS) is 13.2. The number of ether oxygens (including phenoxy) is 1. The highest BCUT2D eigenvalue weighted by molar-refractivity contribution is 6.53. The van der Waals surface area contributed by atoms with Crippen molar-refractivity contribution in [1.82, 2.24) is 0 Å².